The van der Waals surface area contributed by atoms with Crippen LogP contribution in [0.3, 0.4) is 0 Å². The number of amides is 2. The van der Waals surface area contributed by atoms with Crippen molar-refractivity contribution in [3.05, 3.63) is 59.7 Å². The molecule has 0 spiro atoms. The van der Waals surface area contributed by atoms with Gasteiger partial charge in [0.2, 0.25) is 0 Å². The van der Waals surface area contributed by atoms with Crippen LogP contribution in [0.4, 0.5) is 16.2 Å². The molecule has 2 heterocycles. The van der Waals surface area contributed by atoms with Crippen molar-refractivity contribution in [2.24, 2.45) is 4.99 Å². The van der Waals surface area contributed by atoms with Crippen LogP contribution < -0.4 is 10.6 Å². The zero-order chi connectivity index (χ0) is 18.9. The van der Waals surface area contributed by atoms with E-state index in [9.17, 15) is 4.79 Å². The summed E-state index contributed by atoms with van der Waals surface area (Å²) >= 11 is 0. The molecule has 1 saturated heterocycles. The molecule has 2 amide bonds. The van der Waals surface area contributed by atoms with Crippen LogP contribution in [-0.2, 0) is 6.42 Å². The van der Waals surface area contributed by atoms with E-state index in [1.807, 2.05) is 35.2 Å². The normalized spacial score (nSPS) is 20.0. The van der Waals surface area contributed by atoms with Crippen molar-refractivity contribution < 1.29 is 10.3 Å². The van der Waals surface area contributed by atoms with Gasteiger partial charge in [-0.25, -0.2) is 9.79 Å². The summed E-state index contributed by atoms with van der Waals surface area (Å²) in [5.74, 6) is 0.958. The number of hydrogen-bond donors (Lipinski definition) is 2. The Morgan fingerprint density at radius 2 is 1.83 bits per heavy atom. The summed E-state index contributed by atoms with van der Waals surface area (Å²) in [6.45, 7) is 2.96. The highest BCUT2D eigenvalue weighted by Gasteiger charge is 2.30. The van der Waals surface area contributed by atoms with Crippen molar-refractivity contribution in [1.29, 1.82) is 0 Å². The minimum atomic E-state index is -0.0355. The predicted molar refractivity (Wildman–Crippen MR) is 115 cm³/mol. The molecule has 1 aliphatic carbocycles. The molecule has 7 heteroatoms. The fourth-order valence-corrected chi connectivity index (χ4v) is 4.40. The average Bonchev–Trinajstić information content (AvgIpc) is 2.75. The maximum atomic E-state index is 12.5. The van der Waals surface area contributed by atoms with Gasteiger partial charge in [0, 0.05) is 43.1 Å². The minimum Gasteiger partial charge on any atom is -0.412 e. The van der Waals surface area contributed by atoms with Crippen LogP contribution in [0.15, 0.2) is 53.5 Å². The number of aliphatic imine (C=N–C) groups is 1. The van der Waals surface area contributed by atoms with E-state index in [1.54, 1.807) is 0 Å². The standard InChI is InChI=1S/C22H25N5O.H2O/c28-22(23-17-8-2-1-3-9-17)27-14-12-26(13-15-27)21-24-18-10-4-6-16-7-5-11-19(25-21)20(16)18;/h1-4,6,8-10,19H,5,7,11-15H2,(H,23,28)(H,24,25);1H2. The Morgan fingerprint density at radius 3 is 2.62 bits per heavy atom. The molecule has 29 heavy (non-hydrogen) atoms. The molecule has 1 unspecified atom stereocenters. The molecular formula is C22H27N5O2. The highest BCUT2D eigenvalue weighted by atomic mass is 16.2. The minimum absolute atomic E-state index is 0. The van der Waals surface area contributed by atoms with Crippen molar-refractivity contribution in [1.82, 2.24) is 9.80 Å². The maximum absolute atomic E-state index is 12.5. The first-order chi connectivity index (χ1) is 13.8. The monoisotopic (exact) mass is 393 g/mol. The van der Waals surface area contributed by atoms with Gasteiger partial charge in [-0.05, 0) is 43.0 Å². The zero-order valence-electron chi connectivity index (χ0n) is 16.4. The number of carbonyl (C=O) groups excluding carboxylic acids is 1. The third-order valence-electron chi connectivity index (χ3n) is 5.87. The molecule has 1 fully saturated rings. The third-order valence-corrected chi connectivity index (χ3v) is 5.87. The summed E-state index contributed by atoms with van der Waals surface area (Å²) in [5.41, 5.74) is 4.86. The number of nitrogens with zero attached hydrogens (tertiary/aromatic N) is 3. The number of hydrogen-bond acceptors (Lipinski definition) is 4. The second-order valence-electron chi connectivity index (χ2n) is 7.63. The average molecular weight is 393 g/mol. The molecule has 0 radical (unpaired) electrons. The van der Waals surface area contributed by atoms with E-state index in [-0.39, 0.29) is 17.5 Å². The number of guanidine groups is 1. The van der Waals surface area contributed by atoms with E-state index in [0.717, 1.165) is 37.6 Å². The molecule has 2 aliphatic heterocycles. The summed E-state index contributed by atoms with van der Waals surface area (Å²) in [5, 5.41) is 6.52. The molecule has 4 N–H and O–H groups in total. The van der Waals surface area contributed by atoms with Crippen molar-refractivity contribution in [2.75, 3.05) is 36.8 Å². The number of piperazine rings is 1. The first-order valence-electron chi connectivity index (χ1n) is 10.1. The van der Waals surface area contributed by atoms with Gasteiger partial charge < -0.3 is 25.9 Å². The van der Waals surface area contributed by atoms with E-state index >= 15 is 0 Å². The Kier molecular flexibility index (Phi) is 5.40. The smallest absolute Gasteiger partial charge is 0.321 e. The molecule has 152 valence electrons. The molecule has 0 saturated carbocycles. The second-order valence-corrected chi connectivity index (χ2v) is 7.63. The number of anilines is 2. The molecule has 2 aromatic carbocycles. The number of carbonyl (C=O) groups is 1. The van der Waals surface area contributed by atoms with E-state index in [0.29, 0.717) is 13.1 Å². The zero-order valence-corrected chi connectivity index (χ0v) is 16.4. The number of urea groups is 1. The highest BCUT2D eigenvalue weighted by Crippen LogP contribution is 2.40. The number of aryl methyl sites for hydroxylation is 1. The largest absolute Gasteiger partial charge is 0.412 e. The van der Waals surface area contributed by atoms with E-state index in [4.69, 9.17) is 4.99 Å². The highest BCUT2D eigenvalue weighted by molar-refractivity contribution is 5.97. The van der Waals surface area contributed by atoms with Gasteiger partial charge in [0.15, 0.2) is 5.96 Å². The lowest BCUT2D eigenvalue weighted by atomic mass is 9.86. The van der Waals surface area contributed by atoms with Gasteiger partial charge in [-0.1, -0.05) is 30.3 Å². The number of benzene rings is 2. The van der Waals surface area contributed by atoms with Gasteiger partial charge in [0.1, 0.15) is 0 Å². The predicted octanol–water partition coefficient (Wildman–Crippen LogP) is 2.87. The first kappa shape index (κ1) is 19.3. The summed E-state index contributed by atoms with van der Waals surface area (Å²) < 4.78 is 0. The molecule has 1 atom stereocenters. The topological polar surface area (TPSA) is 91.5 Å². The quantitative estimate of drug-likeness (QED) is 0.780. The van der Waals surface area contributed by atoms with E-state index < -0.39 is 0 Å². The first-order valence-corrected chi connectivity index (χ1v) is 10.1. The Morgan fingerprint density at radius 1 is 1.03 bits per heavy atom. The fraction of sp³-hybridized carbons (Fsp3) is 0.364. The van der Waals surface area contributed by atoms with Crippen LogP contribution in [0.25, 0.3) is 0 Å². The number of nitrogens with one attached hydrogen (secondary N) is 2. The summed E-state index contributed by atoms with van der Waals surface area (Å²) in [4.78, 5) is 21.7. The molecule has 3 aliphatic rings. The van der Waals surface area contributed by atoms with Crippen molar-refractivity contribution >= 4 is 23.4 Å². The summed E-state index contributed by atoms with van der Waals surface area (Å²) in [6, 6.07) is 16.4. The van der Waals surface area contributed by atoms with Gasteiger partial charge in [-0.2, -0.15) is 0 Å². The van der Waals surface area contributed by atoms with Crippen molar-refractivity contribution in [2.45, 2.75) is 25.3 Å². The van der Waals surface area contributed by atoms with E-state index in [1.165, 1.54) is 23.2 Å². The van der Waals surface area contributed by atoms with Crippen LogP contribution in [0.5, 0.6) is 0 Å². The Balaban J connectivity index is 0.00000205. The van der Waals surface area contributed by atoms with Gasteiger partial charge in [0.05, 0.1) is 6.04 Å². The van der Waals surface area contributed by atoms with Crippen LogP contribution in [-0.4, -0.2) is 53.4 Å². The lowest BCUT2D eigenvalue weighted by molar-refractivity contribution is 0.181. The van der Waals surface area contributed by atoms with Crippen molar-refractivity contribution in [3.8, 4) is 0 Å². The second kappa shape index (κ2) is 8.13. The summed E-state index contributed by atoms with van der Waals surface area (Å²) in [7, 11) is 0. The van der Waals surface area contributed by atoms with Crippen LogP contribution in [0, 0.1) is 0 Å². The number of para-hydroxylation sites is 1. The molecule has 7 nitrogen and oxygen atoms in total. The maximum Gasteiger partial charge on any atom is 0.321 e. The lowest BCUT2D eigenvalue weighted by Gasteiger charge is -2.39. The fourth-order valence-electron chi connectivity index (χ4n) is 4.40. The Labute approximate surface area is 170 Å². The SMILES string of the molecule is O.O=C(Nc1ccccc1)N1CCN(C2=NC3CCCc4cccc(c43)N2)CC1. The molecule has 0 bridgehead atoms. The summed E-state index contributed by atoms with van der Waals surface area (Å²) in [6.07, 6.45) is 3.47. The van der Waals surface area contributed by atoms with Crippen LogP contribution in [0.1, 0.15) is 30.0 Å². The molecule has 2 aromatic rings. The van der Waals surface area contributed by atoms with Gasteiger partial charge in [-0.3, -0.25) is 0 Å². The Hall–Kier alpha value is -3.06. The third kappa shape index (κ3) is 3.78. The van der Waals surface area contributed by atoms with E-state index in [2.05, 4.69) is 33.7 Å². The van der Waals surface area contributed by atoms with Gasteiger partial charge in [0.25, 0.3) is 0 Å². The van der Waals surface area contributed by atoms with Crippen molar-refractivity contribution in [3.63, 3.8) is 0 Å². The Bertz CT molecular complexity index is 907. The molecular weight excluding hydrogens is 366 g/mol. The molecule has 5 rings (SSSR count). The molecule has 0 aromatic heterocycles. The van der Waals surface area contributed by atoms with Crippen LogP contribution in [0.2, 0.25) is 0 Å². The lowest BCUT2D eigenvalue weighted by Crippen LogP contribution is -2.53. The number of rotatable bonds is 1. The van der Waals surface area contributed by atoms with Gasteiger partial charge >= 0.3 is 6.03 Å². The van der Waals surface area contributed by atoms with Crippen LogP contribution >= 0.6 is 0 Å². The van der Waals surface area contributed by atoms with Gasteiger partial charge in [-0.15, -0.1) is 0 Å².